The van der Waals surface area contributed by atoms with Crippen LogP contribution < -0.4 is 0 Å². The van der Waals surface area contributed by atoms with Gasteiger partial charge in [-0.25, -0.2) is 19.4 Å². The summed E-state index contributed by atoms with van der Waals surface area (Å²) in [7, 11) is 0. The van der Waals surface area contributed by atoms with Crippen molar-refractivity contribution in [2.75, 3.05) is 0 Å². The molecular formula is C11H12N4O2. The maximum atomic E-state index is 10.8. The fourth-order valence-corrected chi connectivity index (χ4v) is 2.02. The van der Waals surface area contributed by atoms with Gasteiger partial charge >= 0.3 is 5.97 Å². The summed E-state index contributed by atoms with van der Waals surface area (Å²) in [5.74, 6) is -0.651. The largest absolute Gasteiger partial charge is 0.475 e. The monoisotopic (exact) mass is 232 g/mol. The average Bonchev–Trinajstić information content (AvgIpc) is 3.07. The molecule has 0 aliphatic heterocycles. The number of hydrogen-bond acceptors (Lipinski definition) is 4. The third kappa shape index (κ3) is 1.65. The van der Waals surface area contributed by atoms with E-state index in [0.717, 1.165) is 5.39 Å². The van der Waals surface area contributed by atoms with E-state index in [0.29, 0.717) is 11.6 Å². The first kappa shape index (κ1) is 10.2. The normalized spacial score (nSPS) is 17.2. The predicted molar refractivity (Wildman–Crippen MR) is 59.7 cm³/mol. The molecule has 1 saturated carbocycles. The number of rotatable bonds is 3. The van der Waals surface area contributed by atoms with Gasteiger partial charge in [0.1, 0.15) is 0 Å². The maximum absolute atomic E-state index is 10.8. The van der Waals surface area contributed by atoms with E-state index >= 15 is 0 Å². The molecule has 0 bridgehead atoms. The lowest BCUT2D eigenvalue weighted by Crippen LogP contribution is -2.11. The van der Waals surface area contributed by atoms with Gasteiger partial charge in [-0.1, -0.05) is 0 Å². The summed E-state index contributed by atoms with van der Waals surface area (Å²) in [6.45, 7) is 2.09. The molecule has 88 valence electrons. The molecule has 1 atom stereocenters. The minimum atomic E-state index is -1.11. The van der Waals surface area contributed by atoms with Gasteiger partial charge < -0.3 is 5.11 Å². The fraction of sp³-hybridized carbons (Fsp3) is 0.455. The molecule has 2 aromatic heterocycles. The Hall–Kier alpha value is -1.98. The molecule has 1 aliphatic rings. The van der Waals surface area contributed by atoms with Crippen LogP contribution in [0.15, 0.2) is 12.4 Å². The summed E-state index contributed by atoms with van der Waals surface area (Å²) in [4.78, 5) is 18.7. The van der Waals surface area contributed by atoms with Crippen molar-refractivity contribution >= 4 is 17.0 Å². The Morgan fingerprint density at radius 1 is 1.53 bits per heavy atom. The Labute approximate surface area is 97.3 Å². The summed E-state index contributed by atoms with van der Waals surface area (Å²) >= 11 is 0. The van der Waals surface area contributed by atoms with Crippen molar-refractivity contribution in [3.63, 3.8) is 0 Å². The van der Waals surface area contributed by atoms with Crippen molar-refractivity contribution in [2.45, 2.75) is 25.8 Å². The molecule has 17 heavy (non-hydrogen) atoms. The van der Waals surface area contributed by atoms with E-state index in [-0.39, 0.29) is 11.9 Å². The summed E-state index contributed by atoms with van der Waals surface area (Å²) in [5, 5.41) is 13.9. The highest BCUT2D eigenvalue weighted by Gasteiger charge is 2.30. The molecule has 1 fully saturated rings. The summed E-state index contributed by atoms with van der Waals surface area (Å²) in [6, 6.07) is 0.268. The maximum Gasteiger partial charge on any atom is 0.374 e. The lowest BCUT2D eigenvalue weighted by Gasteiger charge is -2.11. The van der Waals surface area contributed by atoms with Crippen molar-refractivity contribution in [1.29, 1.82) is 0 Å². The van der Waals surface area contributed by atoms with Crippen LogP contribution in [0.25, 0.3) is 11.0 Å². The SMILES string of the molecule is CC(C1CC1)n1ncc2cnc(C(=O)O)nc21. The van der Waals surface area contributed by atoms with Gasteiger partial charge in [0, 0.05) is 6.20 Å². The summed E-state index contributed by atoms with van der Waals surface area (Å²) < 4.78 is 1.81. The van der Waals surface area contributed by atoms with Crippen molar-refractivity contribution < 1.29 is 9.90 Å². The fourth-order valence-electron chi connectivity index (χ4n) is 2.02. The van der Waals surface area contributed by atoms with Crippen LogP contribution in [0.1, 0.15) is 36.4 Å². The highest BCUT2D eigenvalue weighted by molar-refractivity contribution is 5.86. The molecular weight excluding hydrogens is 220 g/mol. The molecule has 0 saturated heterocycles. The molecule has 0 aromatic carbocycles. The number of carboxylic acid groups (broad SMARTS) is 1. The standard InChI is InChI=1S/C11H12N4O2/c1-6(7-2-3-7)15-10-8(5-13-15)4-12-9(14-10)11(16)17/h4-7H,2-3H2,1H3,(H,16,17). The third-order valence-electron chi connectivity index (χ3n) is 3.22. The van der Waals surface area contributed by atoms with Gasteiger partial charge in [0.25, 0.3) is 0 Å². The number of hydrogen-bond donors (Lipinski definition) is 1. The van der Waals surface area contributed by atoms with Crippen LogP contribution in [-0.2, 0) is 0 Å². The molecule has 0 spiro atoms. The van der Waals surface area contributed by atoms with Gasteiger partial charge in [-0.15, -0.1) is 0 Å². The Kier molecular flexibility index (Phi) is 2.10. The number of fused-ring (bicyclic) bond motifs is 1. The van der Waals surface area contributed by atoms with Crippen LogP contribution in [0.3, 0.4) is 0 Å². The average molecular weight is 232 g/mol. The van der Waals surface area contributed by atoms with E-state index in [1.165, 1.54) is 19.0 Å². The number of aromatic nitrogens is 4. The van der Waals surface area contributed by atoms with Crippen molar-refractivity contribution in [2.24, 2.45) is 5.92 Å². The lowest BCUT2D eigenvalue weighted by molar-refractivity contribution is 0.0684. The first-order valence-electron chi connectivity index (χ1n) is 5.60. The first-order valence-corrected chi connectivity index (χ1v) is 5.60. The molecule has 0 radical (unpaired) electrons. The lowest BCUT2D eigenvalue weighted by atomic mass is 10.2. The van der Waals surface area contributed by atoms with Crippen molar-refractivity contribution in [3.05, 3.63) is 18.2 Å². The second kappa shape index (κ2) is 3.51. The number of carboxylic acids is 1. The minimum Gasteiger partial charge on any atom is -0.475 e. The van der Waals surface area contributed by atoms with Crippen LogP contribution in [0.4, 0.5) is 0 Å². The van der Waals surface area contributed by atoms with E-state index in [9.17, 15) is 4.79 Å². The molecule has 3 rings (SSSR count). The Bertz CT molecular complexity index is 588. The Morgan fingerprint density at radius 3 is 2.94 bits per heavy atom. The van der Waals surface area contributed by atoms with Crippen LogP contribution in [-0.4, -0.2) is 30.8 Å². The van der Waals surface area contributed by atoms with Crippen LogP contribution in [0, 0.1) is 5.92 Å². The van der Waals surface area contributed by atoms with Crippen LogP contribution >= 0.6 is 0 Å². The van der Waals surface area contributed by atoms with Gasteiger partial charge in [-0.3, -0.25) is 0 Å². The van der Waals surface area contributed by atoms with Crippen LogP contribution in [0.2, 0.25) is 0 Å². The van der Waals surface area contributed by atoms with Gasteiger partial charge in [0.15, 0.2) is 5.65 Å². The Balaban J connectivity index is 2.11. The topological polar surface area (TPSA) is 80.9 Å². The van der Waals surface area contributed by atoms with Gasteiger partial charge in [0.2, 0.25) is 5.82 Å². The smallest absolute Gasteiger partial charge is 0.374 e. The zero-order chi connectivity index (χ0) is 12.0. The Morgan fingerprint density at radius 2 is 2.29 bits per heavy atom. The zero-order valence-electron chi connectivity index (χ0n) is 9.37. The molecule has 6 heteroatoms. The molecule has 2 aromatic rings. The summed E-state index contributed by atoms with van der Waals surface area (Å²) in [6.07, 6.45) is 5.60. The first-order chi connectivity index (χ1) is 8.16. The van der Waals surface area contributed by atoms with Gasteiger partial charge in [-0.05, 0) is 25.7 Å². The minimum absolute atomic E-state index is 0.178. The van der Waals surface area contributed by atoms with Crippen LogP contribution in [0.5, 0.6) is 0 Å². The van der Waals surface area contributed by atoms with E-state index < -0.39 is 5.97 Å². The quantitative estimate of drug-likeness (QED) is 0.867. The molecule has 1 N–H and O–H groups in total. The molecule has 6 nitrogen and oxygen atoms in total. The van der Waals surface area contributed by atoms with E-state index in [1.54, 1.807) is 10.9 Å². The van der Waals surface area contributed by atoms with Crippen molar-refractivity contribution in [1.82, 2.24) is 19.7 Å². The highest BCUT2D eigenvalue weighted by atomic mass is 16.4. The van der Waals surface area contributed by atoms with E-state index in [2.05, 4.69) is 22.0 Å². The third-order valence-corrected chi connectivity index (χ3v) is 3.22. The second-order valence-electron chi connectivity index (χ2n) is 4.44. The number of nitrogens with zero attached hydrogens (tertiary/aromatic N) is 4. The highest BCUT2D eigenvalue weighted by Crippen LogP contribution is 2.39. The molecule has 1 aliphatic carbocycles. The van der Waals surface area contributed by atoms with E-state index in [4.69, 9.17) is 5.11 Å². The zero-order valence-corrected chi connectivity index (χ0v) is 9.37. The predicted octanol–water partition coefficient (Wildman–Crippen LogP) is 1.50. The van der Waals surface area contributed by atoms with Gasteiger partial charge in [0.05, 0.1) is 17.6 Å². The number of aromatic carboxylic acids is 1. The second-order valence-corrected chi connectivity index (χ2v) is 4.44. The van der Waals surface area contributed by atoms with Crippen molar-refractivity contribution in [3.8, 4) is 0 Å². The molecule has 1 unspecified atom stereocenters. The number of carbonyl (C=O) groups is 1. The van der Waals surface area contributed by atoms with E-state index in [1.807, 2.05) is 0 Å². The molecule has 2 heterocycles. The van der Waals surface area contributed by atoms with Gasteiger partial charge in [-0.2, -0.15) is 5.10 Å². The molecule has 0 amide bonds. The summed E-state index contributed by atoms with van der Waals surface area (Å²) in [5.41, 5.74) is 0.608.